The first-order valence-electron chi connectivity index (χ1n) is 7.02. The lowest BCUT2D eigenvalue weighted by Crippen LogP contribution is -2.12. The van der Waals surface area contributed by atoms with Gasteiger partial charge in [-0.3, -0.25) is 4.79 Å². The van der Waals surface area contributed by atoms with Crippen molar-refractivity contribution in [2.24, 2.45) is 0 Å². The number of hydrogen-bond acceptors (Lipinski definition) is 2. The van der Waals surface area contributed by atoms with E-state index in [1.807, 2.05) is 0 Å². The van der Waals surface area contributed by atoms with Crippen LogP contribution in [-0.2, 0) is 6.18 Å². The molecule has 7 heteroatoms. The highest BCUT2D eigenvalue weighted by molar-refractivity contribution is 6.12. The zero-order chi connectivity index (χ0) is 17.3. The van der Waals surface area contributed by atoms with Crippen LogP contribution in [0.25, 0.3) is 10.9 Å². The van der Waals surface area contributed by atoms with Gasteiger partial charge in [-0.1, -0.05) is 6.07 Å². The van der Waals surface area contributed by atoms with Gasteiger partial charge in [0.2, 0.25) is 0 Å². The van der Waals surface area contributed by atoms with Gasteiger partial charge in [-0.15, -0.1) is 0 Å². The van der Waals surface area contributed by atoms with E-state index in [4.69, 9.17) is 4.74 Å². The Kier molecular flexibility index (Phi) is 3.92. The number of aromatic amines is 1. The van der Waals surface area contributed by atoms with Crippen LogP contribution in [0.5, 0.6) is 5.75 Å². The van der Waals surface area contributed by atoms with Gasteiger partial charge in [-0.05, 0) is 30.3 Å². The van der Waals surface area contributed by atoms with E-state index in [9.17, 15) is 18.0 Å². The van der Waals surface area contributed by atoms with E-state index < -0.39 is 17.6 Å². The standard InChI is InChI=1S/C17H13F3N2O2/c1-24-12-5-6-13-14(9-21-15(13)8-12)16(23)22-11-4-2-3-10(7-11)17(18,19)20/h2-9,21H,1H3,(H,22,23). The van der Waals surface area contributed by atoms with Crippen molar-refractivity contribution in [2.45, 2.75) is 6.18 Å². The number of halogens is 3. The summed E-state index contributed by atoms with van der Waals surface area (Å²) in [7, 11) is 1.53. The van der Waals surface area contributed by atoms with Gasteiger partial charge in [-0.25, -0.2) is 0 Å². The molecule has 0 aliphatic heterocycles. The highest BCUT2D eigenvalue weighted by atomic mass is 19.4. The summed E-state index contributed by atoms with van der Waals surface area (Å²) >= 11 is 0. The molecule has 0 saturated heterocycles. The zero-order valence-electron chi connectivity index (χ0n) is 12.6. The molecule has 0 atom stereocenters. The van der Waals surface area contributed by atoms with Gasteiger partial charge in [0, 0.05) is 28.9 Å². The van der Waals surface area contributed by atoms with Crippen molar-refractivity contribution in [2.75, 3.05) is 12.4 Å². The highest BCUT2D eigenvalue weighted by Crippen LogP contribution is 2.31. The SMILES string of the molecule is COc1ccc2c(C(=O)Nc3cccc(C(F)(F)F)c3)c[nH]c2c1. The summed E-state index contributed by atoms with van der Waals surface area (Å²) in [6.07, 6.45) is -2.95. The first-order valence-corrected chi connectivity index (χ1v) is 7.02. The molecule has 0 aliphatic carbocycles. The number of ether oxygens (including phenoxy) is 1. The number of fused-ring (bicyclic) bond motifs is 1. The number of hydrogen-bond donors (Lipinski definition) is 2. The summed E-state index contributed by atoms with van der Waals surface area (Å²) in [4.78, 5) is 15.3. The number of anilines is 1. The van der Waals surface area contributed by atoms with Crippen molar-refractivity contribution in [3.8, 4) is 5.75 Å². The smallest absolute Gasteiger partial charge is 0.416 e. The Balaban J connectivity index is 1.88. The Morgan fingerprint density at radius 2 is 1.96 bits per heavy atom. The highest BCUT2D eigenvalue weighted by Gasteiger charge is 2.30. The lowest BCUT2D eigenvalue weighted by molar-refractivity contribution is -0.137. The number of nitrogens with one attached hydrogen (secondary N) is 2. The van der Waals surface area contributed by atoms with Crippen molar-refractivity contribution in [1.29, 1.82) is 0 Å². The van der Waals surface area contributed by atoms with Crippen LogP contribution in [0, 0.1) is 0 Å². The van der Waals surface area contributed by atoms with E-state index in [0.29, 0.717) is 22.2 Å². The number of amides is 1. The van der Waals surface area contributed by atoms with Gasteiger partial charge < -0.3 is 15.0 Å². The van der Waals surface area contributed by atoms with Gasteiger partial charge in [0.1, 0.15) is 5.75 Å². The average Bonchev–Trinajstić information content (AvgIpc) is 2.97. The summed E-state index contributed by atoms with van der Waals surface area (Å²) in [5.74, 6) is 0.139. The van der Waals surface area contributed by atoms with E-state index >= 15 is 0 Å². The Hall–Kier alpha value is -2.96. The van der Waals surface area contributed by atoms with Crippen LogP contribution in [0.15, 0.2) is 48.7 Å². The monoisotopic (exact) mass is 334 g/mol. The maximum Gasteiger partial charge on any atom is 0.416 e. The molecule has 0 spiro atoms. The van der Waals surface area contributed by atoms with E-state index in [1.165, 1.54) is 25.4 Å². The topological polar surface area (TPSA) is 54.1 Å². The minimum absolute atomic E-state index is 0.0812. The summed E-state index contributed by atoms with van der Waals surface area (Å²) < 4.78 is 43.3. The molecule has 4 nitrogen and oxygen atoms in total. The number of benzene rings is 2. The van der Waals surface area contributed by atoms with Crippen molar-refractivity contribution in [3.63, 3.8) is 0 Å². The van der Waals surface area contributed by atoms with Crippen LogP contribution in [-0.4, -0.2) is 18.0 Å². The molecule has 0 unspecified atom stereocenters. The Morgan fingerprint density at radius 1 is 1.17 bits per heavy atom. The number of H-pyrrole nitrogens is 1. The number of rotatable bonds is 3. The van der Waals surface area contributed by atoms with Crippen molar-refractivity contribution in [1.82, 2.24) is 4.98 Å². The van der Waals surface area contributed by atoms with Crippen molar-refractivity contribution >= 4 is 22.5 Å². The largest absolute Gasteiger partial charge is 0.497 e. The first kappa shape index (κ1) is 15.9. The van der Waals surface area contributed by atoms with Gasteiger partial charge in [0.15, 0.2) is 0 Å². The number of carbonyl (C=O) groups excluding carboxylic acids is 1. The van der Waals surface area contributed by atoms with Crippen LogP contribution in [0.4, 0.5) is 18.9 Å². The number of aromatic nitrogens is 1. The predicted octanol–water partition coefficient (Wildman–Crippen LogP) is 4.45. The molecule has 0 bridgehead atoms. The zero-order valence-corrected chi connectivity index (χ0v) is 12.6. The molecule has 0 radical (unpaired) electrons. The minimum atomic E-state index is -4.46. The van der Waals surface area contributed by atoms with Crippen LogP contribution in [0.2, 0.25) is 0 Å². The third-order valence-corrected chi connectivity index (χ3v) is 3.58. The minimum Gasteiger partial charge on any atom is -0.497 e. The Labute approximate surface area is 135 Å². The third-order valence-electron chi connectivity index (χ3n) is 3.58. The lowest BCUT2D eigenvalue weighted by Gasteiger charge is -2.09. The Bertz CT molecular complexity index is 900. The number of carbonyl (C=O) groups is 1. The van der Waals surface area contributed by atoms with E-state index in [0.717, 1.165) is 12.1 Å². The summed E-state index contributed by atoms with van der Waals surface area (Å²) in [5, 5.41) is 3.14. The van der Waals surface area contributed by atoms with Gasteiger partial charge in [0.05, 0.1) is 18.2 Å². The third kappa shape index (κ3) is 3.05. The molecule has 0 fully saturated rings. The fourth-order valence-corrected chi connectivity index (χ4v) is 2.39. The number of alkyl halides is 3. The summed E-state index contributed by atoms with van der Waals surface area (Å²) in [6, 6.07) is 9.66. The molecule has 3 rings (SSSR count). The summed E-state index contributed by atoms with van der Waals surface area (Å²) in [5.41, 5.74) is 0.301. The van der Waals surface area contributed by atoms with Gasteiger partial charge in [-0.2, -0.15) is 13.2 Å². The second-order valence-electron chi connectivity index (χ2n) is 5.15. The van der Waals surface area contributed by atoms with Crippen LogP contribution < -0.4 is 10.1 Å². The molecule has 3 aromatic rings. The normalized spacial score (nSPS) is 11.5. The molecule has 1 heterocycles. The first-order chi connectivity index (χ1) is 11.4. The van der Waals surface area contributed by atoms with Crippen molar-refractivity contribution < 1.29 is 22.7 Å². The molecular weight excluding hydrogens is 321 g/mol. The quantitative estimate of drug-likeness (QED) is 0.744. The molecule has 1 amide bonds. The van der Waals surface area contributed by atoms with E-state index in [1.54, 1.807) is 18.2 Å². The van der Waals surface area contributed by atoms with Crippen LogP contribution >= 0.6 is 0 Å². The lowest BCUT2D eigenvalue weighted by atomic mass is 10.1. The average molecular weight is 334 g/mol. The van der Waals surface area contributed by atoms with Crippen LogP contribution in [0.1, 0.15) is 15.9 Å². The van der Waals surface area contributed by atoms with Gasteiger partial charge >= 0.3 is 6.18 Å². The molecule has 0 aliphatic rings. The Morgan fingerprint density at radius 3 is 2.67 bits per heavy atom. The molecule has 124 valence electrons. The molecule has 2 N–H and O–H groups in total. The second-order valence-corrected chi connectivity index (χ2v) is 5.15. The molecule has 1 aromatic heterocycles. The summed E-state index contributed by atoms with van der Waals surface area (Å²) in [6.45, 7) is 0. The fraction of sp³-hybridized carbons (Fsp3) is 0.118. The molecule has 0 saturated carbocycles. The van der Waals surface area contributed by atoms with E-state index in [2.05, 4.69) is 10.3 Å². The maximum atomic E-state index is 12.7. The van der Waals surface area contributed by atoms with E-state index in [-0.39, 0.29) is 5.69 Å². The van der Waals surface area contributed by atoms with Crippen molar-refractivity contribution in [3.05, 3.63) is 59.8 Å². The fourth-order valence-electron chi connectivity index (χ4n) is 2.39. The van der Waals surface area contributed by atoms with Crippen LogP contribution in [0.3, 0.4) is 0 Å². The second kappa shape index (κ2) is 5.92. The maximum absolute atomic E-state index is 12.7. The molecule has 2 aromatic carbocycles. The predicted molar refractivity (Wildman–Crippen MR) is 84.2 cm³/mol. The molecular formula is C17H13F3N2O2. The van der Waals surface area contributed by atoms with Gasteiger partial charge in [0.25, 0.3) is 5.91 Å². The number of methoxy groups -OCH3 is 1. The molecule has 24 heavy (non-hydrogen) atoms.